The van der Waals surface area contributed by atoms with Gasteiger partial charge in [-0.15, -0.1) is 0 Å². The van der Waals surface area contributed by atoms with E-state index in [-0.39, 0.29) is 24.4 Å². The topological polar surface area (TPSA) is 110 Å². The Morgan fingerprint density at radius 3 is 2.67 bits per heavy atom. The molecular weight excluding hydrogens is 238 g/mol. The zero-order chi connectivity index (χ0) is 13.7. The first-order valence-corrected chi connectivity index (χ1v) is 5.45. The van der Waals surface area contributed by atoms with Crippen molar-refractivity contribution in [1.82, 2.24) is 0 Å². The van der Waals surface area contributed by atoms with Gasteiger partial charge in [-0.25, -0.2) is 0 Å². The Bertz CT molecular complexity index is 462. The summed E-state index contributed by atoms with van der Waals surface area (Å²) in [6.45, 7) is 2.51. The van der Waals surface area contributed by atoms with E-state index in [4.69, 9.17) is 10.8 Å². The molecular formula is C11H15N3O4. The Morgan fingerprint density at radius 1 is 1.56 bits per heavy atom. The van der Waals surface area contributed by atoms with Crippen LogP contribution < -0.4 is 10.6 Å². The second kappa shape index (κ2) is 5.97. The lowest BCUT2D eigenvalue weighted by Crippen LogP contribution is -2.27. The van der Waals surface area contributed by atoms with E-state index in [0.29, 0.717) is 12.2 Å². The fourth-order valence-electron chi connectivity index (χ4n) is 1.66. The van der Waals surface area contributed by atoms with Crippen LogP contribution in [-0.4, -0.2) is 35.6 Å². The van der Waals surface area contributed by atoms with Gasteiger partial charge in [0, 0.05) is 24.7 Å². The zero-order valence-corrected chi connectivity index (χ0v) is 10.00. The standard InChI is InChI=1S/C11H15N3O4/c1-2-13(5-6-15)9-4-3-8(11(12)16)7-10(9)14(17)18/h3-4,7,15H,2,5-6H2,1H3,(H2,12,16). The first kappa shape index (κ1) is 13.9. The number of carbonyl (C=O) groups is 1. The molecule has 7 nitrogen and oxygen atoms in total. The molecule has 0 bridgehead atoms. The van der Waals surface area contributed by atoms with Gasteiger partial charge in [0.1, 0.15) is 5.69 Å². The molecule has 0 heterocycles. The van der Waals surface area contributed by atoms with Gasteiger partial charge >= 0.3 is 0 Å². The Morgan fingerprint density at radius 2 is 2.22 bits per heavy atom. The third-order valence-electron chi connectivity index (χ3n) is 2.55. The Balaban J connectivity index is 3.26. The number of nitrogens with two attached hydrogens (primary N) is 1. The normalized spacial score (nSPS) is 10.1. The number of nitro benzene ring substituents is 1. The number of anilines is 1. The van der Waals surface area contributed by atoms with Crippen molar-refractivity contribution in [1.29, 1.82) is 0 Å². The van der Waals surface area contributed by atoms with Crippen LogP contribution in [0.1, 0.15) is 17.3 Å². The summed E-state index contributed by atoms with van der Waals surface area (Å²) in [6.07, 6.45) is 0. The number of hydrogen-bond donors (Lipinski definition) is 2. The molecule has 0 atom stereocenters. The van der Waals surface area contributed by atoms with Gasteiger partial charge in [0.2, 0.25) is 5.91 Å². The van der Waals surface area contributed by atoms with Crippen molar-refractivity contribution in [3.05, 3.63) is 33.9 Å². The van der Waals surface area contributed by atoms with Crippen molar-refractivity contribution in [2.45, 2.75) is 6.92 Å². The number of carbonyl (C=O) groups excluding carboxylic acids is 1. The molecule has 1 amide bonds. The first-order chi connectivity index (χ1) is 8.51. The molecule has 1 aromatic carbocycles. The van der Waals surface area contributed by atoms with Gasteiger partial charge < -0.3 is 15.7 Å². The van der Waals surface area contributed by atoms with E-state index < -0.39 is 10.8 Å². The molecule has 3 N–H and O–H groups in total. The molecule has 0 aliphatic rings. The molecule has 0 spiro atoms. The van der Waals surface area contributed by atoms with Crippen LogP contribution in [0.2, 0.25) is 0 Å². The molecule has 1 rings (SSSR count). The fraction of sp³-hybridized carbons (Fsp3) is 0.364. The molecule has 0 saturated carbocycles. The maximum absolute atomic E-state index is 11.0. The number of primary amides is 1. The van der Waals surface area contributed by atoms with Gasteiger partial charge in [-0.3, -0.25) is 14.9 Å². The molecule has 7 heteroatoms. The minimum Gasteiger partial charge on any atom is -0.395 e. The second-order valence-electron chi connectivity index (χ2n) is 3.63. The van der Waals surface area contributed by atoms with E-state index in [9.17, 15) is 14.9 Å². The van der Waals surface area contributed by atoms with Crippen LogP contribution in [0.15, 0.2) is 18.2 Å². The quantitative estimate of drug-likeness (QED) is 0.567. The van der Waals surface area contributed by atoms with Crippen LogP contribution in [0.3, 0.4) is 0 Å². The van der Waals surface area contributed by atoms with E-state index in [1.807, 2.05) is 6.92 Å². The summed E-state index contributed by atoms with van der Waals surface area (Å²) in [5.41, 5.74) is 5.34. The van der Waals surface area contributed by atoms with E-state index in [1.54, 1.807) is 4.90 Å². The van der Waals surface area contributed by atoms with Gasteiger partial charge in [0.25, 0.3) is 5.69 Å². The molecule has 0 radical (unpaired) electrons. The maximum atomic E-state index is 11.0. The Labute approximate surface area is 104 Å². The number of nitro groups is 1. The Hall–Kier alpha value is -2.15. The van der Waals surface area contributed by atoms with Crippen molar-refractivity contribution in [3.8, 4) is 0 Å². The number of aliphatic hydroxyl groups is 1. The summed E-state index contributed by atoms with van der Waals surface area (Å²) >= 11 is 0. The van der Waals surface area contributed by atoms with Gasteiger partial charge in [0.05, 0.1) is 11.5 Å². The molecule has 1 aromatic rings. The van der Waals surface area contributed by atoms with Crippen LogP contribution in [0.4, 0.5) is 11.4 Å². The number of hydrogen-bond acceptors (Lipinski definition) is 5. The van der Waals surface area contributed by atoms with Crippen LogP contribution in [0.25, 0.3) is 0 Å². The SMILES string of the molecule is CCN(CCO)c1ccc(C(N)=O)cc1[N+](=O)[O-]. The van der Waals surface area contributed by atoms with Crippen molar-refractivity contribution in [3.63, 3.8) is 0 Å². The molecule has 18 heavy (non-hydrogen) atoms. The van der Waals surface area contributed by atoms with Gasteiger partial charge in [-0.1, -0.05) is 0 Å². The van der Waals surface area contributed by atoms with Crippen LogP contribution >= 0.6 is 0 Å². The highest BCUT2D eigenvalue weighted by Gasteiger charge is 2.20. The monoisotopic (exact) mass is 253 g/mol. The number of likely N-dealkylation sites (N-methyl/N-ethyl adjacent to an activating group) is 1. The minimum atomic E-state index is -0.713. The van der Waals surface area contributed by atoms with E-state index in [1.165, 1.54) is 12.1 Å². The number of amides is 1. The molecule has 0 saturated heterocycles. The summed E-state index contributed by atoms with van der Waals surface area (Å²) in [5.74, 6) is -0.713. The summed E-state index contributed by atoms with van der Waals surface area (Å²) in [7, 11) is 0. The van der Waals surface area contributed by atoms with Crippen molar-refractivity contribution in [2.24, 2.45) is 5.73 Å². The molecule has 0 fully saturated rings. The van der Waals surface area contributed by atoms with Crippen molar-refractivity contribution < 1.29 is 14.8 Å². The molecule has 0 aliphatic carbocycles. The van der Waals surface area contributed by atoms with Crippen LogP contribution in [0, 0.1) is 10.1 Å². The minimum absolute atomic E-state index is 0.0884. The predicted molar refractivity (Wildman–Crippen MR) is 66.6 cm³/mol. The largest absolute Gasteiger partial charge is 0.395 e. The molecule has 0 aromatic heterocycles. The average molecular weight is 253 g/mol. The van der Waals surface area contributed by atoms with Crippen LogP contribution in [0.5, 0.6) is 0 Å². The predicted octanol–water partition coefficient (Wildman–Crippen LogP) is 0.512. The number of aliphatic hydroxyl groups excluding tert-OH is 1. The third kappa shape index (κ3) is 2.95. The molecule has 0 unspecified atom stereocenters. The summed E-state index contributed by atoms with van der Waals surface area (Å²) in [5, 5.41) is 19.9. The summed E-state index contributed by atoms with van der Waals surface area (Å²) in [4.78, 5) is 23.1. The third-order valence-corrected chi connectivity index (χ3v) is 2.55. The summed E-state index contributed by atoms with van der Waals surface area (Å²) in [6, 6.07) is 4.06. The highest BCUT2D eigenvalue weighted by Crippen LogP contribution is 2.28. The van der Waals surface area contributed by atoms with E-state index in [0.717, 1.165) is 6.07 Å². The average Bonchev–Trinajstić information content (AvgIpc) is 2.35. The fourth-order valence-corrected chi connectivity index (χ4v) is 1.66. The lowest BCUT2D eigenvalue weighted by Gasteiger charge is -2.21. The van der Waals surface area contributed by atoms with Crippen molar-refractivity contribution >= 4 is 17.3 Å². The van der Waals surface area contributed by atoms with Gasteiger partial charge in [-0.05, 0) is 19.1 Å². The first-order valence-electron chi connectivity index (χ1n) is 5.45. The zero-order valence-electron chi connectivity index (χ0n) is 10.00. The van der Waals surface area contributed by atoms with E-state index >= 15 is 0 Å². The lowest BCUT2D eigenvalue weighted by atomic mass is 10.1. The number of nitrogens with zero attached hydrogens (tertiary/aromatic N) is 2. The highest BCUT2D eigenvalue weighted by atomic mass is 16.6. The maximum Gasteiger partial charge on any atom is 0.293 e. The van der Waals surface area contributed by atoms with Crippen LogP contribution in [-0.2, 0) is 0 Å². The lowest BCUT2D eigenvalue weighted by molar-refractivity contribution is -0.384. The van der Waals surface area contributed by atoms with Gasteiger partial charge in [0.15, 0.2) is 0 Å². The number of rotatable bonds is 6. The van der Waals surface area contributed by atoms with Crippen molar-refractivity contribution in [2.75, 3.05) is 24.6 Å². The summed E-state index contributed by atoms with van der Waals surface area (Å²) < 4.78 is 0. The van der Waals surface area contributed by atoms with Gasteiger partial charge in [-0.2, -0.15) is 0 Å². The van der Waals surface area contributed by atoms with E-state index in [2.05, 4.69) is 0 Å². The highest BCUT2D eigenvalue weighted by molar-refractivity contribution is 5.94. The second-order valence-corrected chi connectivity index (χ2v) is 3.63. The molecule has 0 aliphatic heterocycles. The Kier molecular flexibility index (Phi) is 4.61. The number of benzene rings is 1. The smallest absolute Gasteiger partial charge is 0.293 e. The molecule has 98 valence electrons.